The molecule has 1 aliphatic heterocycles. The van der Waals surface area contributed by atoms with E-state index in [1.54, 1.807) is 23.6 Å². The van der Waals surface area contributed by atoms with Gasteiger partial charge in [0, 0.05) is 30.2 Å². The Balaban J connectivity index is 1.31. The molecule has 0 atom stereocenters. The number of carbonyl (C=O) groups excluding carboxylic acids is 1. The van der Waals surface area contributed by atoms with Crippen molar-refractivity contribution in [2.45, 2.75) is 22.8 Å². The first-order chi connectivity index (χ1) is 14.9. The Morgan fingerprint density at radius 1 is 1.16 bits per heavy atom. The third-order valence-electron chi connectivity index (χ3n) is 4.65. The van der Waals surface area contributed by atoms with E-state index in [0.29, 0.717) is 28.9 Å². The van der Waals surface area contributed by atoms with Crippen LogP contribution in [0.15, 0.2) is 57.9 Å². The molecule has 1 fully saturated rings. The molecule has 1 amide bonds. The highest BCUT2D eigenvalue weighted by Gasteiger charge is 2.27. The number of nitrogens with zero attached hydrogens (tertiary/aromatic N) is 3. The zero-order chi connectivity index (χ0) is 21.8. The Bertz CT molecular complexity index is 1160. The number of nitrogens with one attached hydrogen (secondary N) is 1. The van der Waals surface area contributed by atoms with Crippen LogP contribution in [0.3, 0.4) is 0 Å². The summed E-state index contributed by atoms with van der Waals surface area (Å²) < 4.78 is 39.6. The number of rotatable bonds is 7. The molecule has 2 aromatic heterocycles. The van der Waals surface area contributed by atoms with Gasteiger partial charge in [-0.2, -0.15) is 4.31 Å². The standard InChI is InChI=1S/C20H19FN4O3S3/c21-15-5-3-14(4-6-15)17-12-30-20(23-17)24-18(26)13-29-19-8-7-16(11-22-19)31(27,28)25-9-1-2-10-25/h3-8,11-12H,1-2,9-10,13H2,(H,23,24,26). The fourth-order valence-electron chi connectivity index (χ4n) is 3.06. The minimum atomic E-state index is -3.50. The number of carbonyl (C=O) groups is 1. The zero-order valence-electron chi connectivity index (χ0n) is 16.3. The topological polar surface area (TPSA) is 92.3 Å². The number of pyridine rings is 1. The van der Waals surface area contributed by atoms with Crippen molar-refractivity contribution in [3.8, 4) is 11.3 Å². The predicted octanol–water partition coefficient (Wildman–Crippen LogP) is 3.86. The SMILES string of the molecule is O=C(CSc1ccc(S(=O)(=O)N2CCCC2)cn1)Nc1nc(-c2ccc(F)cc2)cs1. The third-order valence-corrected chi connectivity index (χ3v) is 8.24. The van der Waals surface area contributed by atoms with Crippen LogP contribution in [0.25, 0.3) is 11.3 Å². The lowest BCUT2D eigenvalue weighted by molar-refractivity contribution is -0.113. The van der Waals surface area contributed by atoms with Crippen LogP contribution >= 0.6 is 23.1 Å². The largest absolute Gasteiger partial charge is 0.301 e. The first-order valence-corrected chi connectivity index (χ1v) is 12.8. The Labute approximate surface area is 187 Å². The molecule has 7 nitrogen and oxygen atoms in total. The number of thiazole rings is 1. The summed E-state index contributed by atoms with van der Waals surface area (Å²) in [4.78, 5) is 20.9. The normalized spacial score (nSPS) is 14.6. The number of aromatic nitrogens is 2. The Morgan fingerprint density at radius 2 is 1.90 bits per heavy atom. The maximum absolute atomic E-state index is 13.0. The Hall–Kier alpha value is -2.34. The van der Waals surface area contributed by atoms with Crippen molar-refractivity contribution in [1.82, 2.24) is 14.3 Å². The fraction of sp³-hybridized carbons (Fsp3) is 0.250. The molecule has 0 bridgehead atoms. The lowest BCUT2D eigenvalue weighted by Gasteiger charge is -2.15. The molecule has 11 heteroatoms. The zero-order valence-corrected chi connectivity index (χ0v) is 18.8. The molecule has 162 valence electrons. The molecule has 3 heterocycles. The summed E-state index contributed by atoms with van der Waals surface area (Å²) in [6.45, 7) is 1.08. The molecule has 1 N–H and O–H groups in total. The summed E-state index contributed by atoms with van der Waals surface area (Å²) >= 11 is 2.49. The number of sulfonamides is 1. The molecule has 31 heavy (non-hydrogen) atoms. The number of thioether (sulfide) groups is 1. The first-order valence-electron chi connectivity index (χ1n) is 9.52. The van der Waals surface area contributed by atoms with Crippen molar-refractivity contribution in [2.24, 2.45) is 0 Å². The molecule has 0 radical (unpaired) electrons. The van der Waals surface area contributed by atoms with E-state index in [0.717, 1.165) is 18.4 Å². The molecular formula is C20H19FN4O3S3. The maximum Gasteiger partial charge on any atom is 0.244 e. The van der Waals surface area contributed by atoms with Gasteiger partial charge in [0.2, 0.25) is 15.9 Å². The van der Waals surface area contributed by atoms with Gasteiger partial charge < -0.3 is 5.32 Å². The van der Waals surface area contributed by atoms with Gasteiger partial charge in [0.05, 0.1) is 16.5 Å². The van der Waals surface area contributed by atoms with Gasteiger partial charge in [-0.05, 0) is 49.2 Å². The summed E-state index contributed by atoms with van der Waals surface area (Å²) in [6.07, 6.45) is 3.09. The van der Waals surface area contributed by atoms with E-state index in [1.165, 1.54) is 51.8 Å². The molecule has 0 spiro atoms. The molecular weight excluding hydrogens is 459 g/mol. The number of benzene rings is 1. The summed E-state index contributed by atoms with van der Waals surface area (Å²) in [5, 5.41) is 5.52. The van der Waals surface area contributed by atoms with Crippen LogP contribution in [0.5, 0.6) is 0 Å². The van der Waals surface area contributed by atoms with Crippen LogP contribution in [0.2, 0.25) is 0 Å². The Morgan fingerprint density at radius 3 is 2.58 bits per heavy atom. The average molecular weight is 479 g/mol. The van der Waals surface area contributed by atoms with Gasteiger partial charge in [0.15, 0.2) is 5.13 Å². The predicted molar refractivity (Wildman–Crippen MR) is 119 cm³/mol. The molecule has 3 aromatic rings. The van der Waals surface area contributed by atoms with E-state index in [1.807, 2.05) is 0 Å². The van der Waals surface area contributed by atoms with E-state index in [9.17, 15) is 17.6 Å². The summed E-state index contributed by atoms with van der Waals surface area (Å²) in [5.41, 5.74) is 1.42. The van der Waals surface area contributed by atoms with Gasteiger partial charge in [-0.3, -0.25) is 4.79 Å². The molecule has 0 aliphatic carbocycles. The monoisotopic (exact) mass is 478 g/mol. The van der Waals surface area contributed by atoms with Gasteiger partial charge in [0.1, 0.15) is 10.7 Å². The van der Waals surface area contributed by atoms with Crippen molar-refractivity contribution in [1.29, 1.82) is 0 Å². The number of amides is 1. The summed E-state index contributed by atoms with van der Waals surface area (Å²) in [6, 6.07) is 9.11. The van der Waals surface area contributed by atoms with Gasteiger partial charge in [-0.1, -0.05) is 11.8 Å². The number of halogens is 1. The van der Waals surface area contributed by atoms with Crippen LogP contribution in [-0.4, -0.2) is 47.4 Å². The highest BCUT2D eigenvalue weighted by molar-refractivity contribution is 7.99. The van der Waals surface area contributed by atoms with Gasteiger partial charge in [-0.15, -0.1) is 11.3 Å². The summed E-state index contributed by atoms with van der Waals surface area (Å²) in [7, 11) is -3.50. The number of hydrogen-bond acceptors (Lipinski definition) is 7. The second kappa shape index (κ2) is 9.43. The van der Waals surface area contributed by atoms with E-state index in [2.05, 4.69) is 15.3 Å². The van der Waals surface area contributed by atoms with Crippen LogP contribution in [-0.2, 0) is 14.8 Å². The highest BCUT2D eigenvalue weighted by Crippen LogP contribution is 2.26. The van der Waals surface area contributed by atoms with E-state index in [-0.39, 0.29) is 22.4 Å². The molecule has 4 rings (SSSR count). The van der Waals surface area contributed by atoms with Crippen molar-refractivity contribution < 1.29 is 17.6 Å². The Kier molecular flexibility index (Phi) is 6.65. The van der Waals surface area contributed by atoms with E-state index < -0.39 is 10.0 Å². The fourth-order valence-corrected chi connectivity index (χ4v) is 5.90. The van der Waals surface area contributed by atoms with E-state index >= 15 is 0 Å². The maximum atomic E-state index is 13.0. The quantitative estimate of drug-likeness (QED) is 0.519. The number of anilines is 1. The van der Waals surface area contributed by atoms with Crippen LogP contribution in [0.1, 0.15) is 12.8 Å². The van der Waals surface area contributed by atoms with Gasteiger partial charge >= 0.3 is 0 Å². The smallest absolute Gasteiger partial charge is 0.244 e. The van der Waals surface area contributed by atoms with E-state index in [4.69, 9.17) is 0 Å². The molecule has 0 saturated carbocycles. The molecule has 0 unspecified atom stereocenters. The van der Waals surface area contributed by atoms with Crippen LogP contribution < -0.4 is 5.32 Å². The molecule has 1 aliphatic rings. The minimum Gasteiger partial charge on any atom is -0.301 e. The van der Waals surface area contributed by atoms with Crippen molar-refractivity contribution in [3.63, 3.8) is 0 Å². The van der Waals surface area contributed by atoms with Gasteiger partial charge in [0.25, 0.3) is 0 Å². The lowest BCUT2D eigenvalue weighted by atomic mass is 10.2. The van der Waals surface area contributed by atoms with Crippen molar-refractivity contribution >= 4 is 44.2 Å². The van der Waals surface area contributed by atoms with Crippen LogP contribution in [0.4, 0.5) is 9.52 Å². The molecule has 1 saturated heterocycles. The second-order valence-electron chi connectivity index (χ2n) is 6.82. The lowest BCUT2D eigenvalue weighted by Crippen LogP contribution is -2.27. The van der Waals surface area contributed by atoms with Crippen LogP contribution in [0, 0.1) is 5.82 Å². The van der Waals surface area contributed by atoms with Gasteiger partial charge in [-0.25, -0.2) is 22.8 Å². The van der Waals surface area contributed by atoms with Crippen molar-refractivity contribution in [2.75, 3.05) is 24.2 Å². The van der Waals surface area contributed by atoms with Crippen molar-refractivity contribution in [3.05, 3.63) is 53.8 Å². The summed E-state index contributed by atoms with van der Waals surface area (Å²) in [5.74, 6) is -0.461. The number of hydrogen-bond donors (Lipinski definition) is 1. The highest BCUT2D eigenvalue weighted by atomic mass is 32.2. The average Bonchev–Trinajstić information content (AvgIpc) is 3.46. The minimum absolute atomic E-state index is 0.108. The first kappa shape index (κ1) is 21.9. The second-order valence-corrected chi connectivity index (χ2v) is 10.6. The molecule has 1 aromatic carbocycles. The third kappa shape index (κ3) is 5.29.